The molecular weight excluding hydrogens is 472 g/mol. The zero-order valence-corrected chi connectivity index (χ0v) is 23.6. The third kappa shape index (κ3) is 14.1. The minimum atomic E-state index is -0.0405. The quantitative estimate of drug-likeness (QED) is 0.134. The van der Waals surface area contributed by atoms with Crippen molar-refractivity contribution in [1.29, 1.82) is 0 Å². The number of amides is 2. The molecule has 2 amide bonds. The maximum atomic E-state index is 12.7. The number of carbonyl (C=O) groups is 2. The second-order valence-corrected chi connectivity index (χ2v) is 10.1. The highest BCUT2D eigenvalue weighted by atomic mass is 16.2. The molecule has 38 heavy (non-hydrogen) atoms. The zero-order valence-electron chi connectivity index (χ0n) is 23.6. The summed E-state index contributed by atoms with van der Waals surface area (Å²) < 4.78 is 0. The second-order valence-electron chi connectivity index (χ2n) is 10.1. The van der Waals surface area contributed by atoms with Gasteiger partial charge in [0.2, 0.25) is 11.8 Å². The van der Waals surface area contributed by atoms with Crippen molar-refractivity contribution >= 4 is 34.6 Å². The molecule has 6 nitrogen and oxygen atoms in total. The average molecular weight is 521 g/mol. The number of hydrogen-bond donors (Lipinski definition) is 2. The van der Waals surface area contributed by atoms with Gasteiger partial charge in [-0.15, -0.1) is 5.11 Å². The largest absolute Gasteiger partial charge is 0.326 e. The summed E-state index contributed by atoms with van der Waals surface area (Å²) in [6.45, 7) is 4.44. The lowest BCUT2D eigenvalue weighted by Gasteiger charge is -2.11. The maximum absolute atomic E-state index is 12.7. The van der Waals surface area contributed by atoms with Crippen molar-refractivity contribution in [3.63, 3.8) is 0 Å². The number of carbonyl (C=O) groups excluding carboxylic acids is 2. The van der Waals surface area contributed by atoms with E-state index >= 15 is 0 Å². The summed E-state index contributed by atoms with van der Waals surface area (Å²) in [5, 5.41) is 14.7. The van der Waals surface area contributed by atoms with Crippen LogP contribution in [0, 0.1) is 0 Å². The molecule has 2 aromatic carbocycles. The Morgan fingerprint density at radius 1 is 0.605 bits per heavy atom. The fourth-order valence-corrected chi connectivity index (χ4v) is 4.33. The van der Waals surface area contributed by atoms with Crippen LogP contribution in [0.4, 0.5) is 22.7 Å². The topological polar surface area (TPSA) is 82.9 Å². The lowest BCUT2D eigenvalue weighted by molar-refractivity contribution is -0.117. The molecule has 0 bridgehead atoms. The fraction of sp³-hybridized carbons (Fsp3) is 0.562. The molecule has 0 fully saturated rings. The Kier molecular flexibility index (Phi) is 16.4. The second kappa shape index (κ2) is 20.0. The van der Waals surface area contributed by atoms with Gasteiger partial charge in [0, 0.05) is 18.5 Å². The van der Waals surface area contributed by atoms with Gasteiger partial charge in [-0.05, 0) is 43.2 Å². The molecule has 0 radical (unpaired) electrons. The summed E-state index contributed by atoms with van der Waals surface area (Å²) in [7, 11) is 0. The molecule has 6 heteroatoms. The van der Waals surface area contributed by atoms with Gasteiger partial charge in [0.05, 0.1) is 11.4 Å². The Morgan fingerprint density at radius 3 is 1.71 bits per heavy atom. The Bertz CT molecular complexity index is 959. The van der Waals surface area contributed by atoms with E-state index in [2.05, 4.69) is 34.7 Å². The van der Waals surface area contributed by atoms with E-state index in [9.17, 15) is 9.59 Å². The zero-order chi connectivity index (χ0) is 27.3. The van der Waals surface area contributed by atoms with Gasteiger partial charge in [0.25, 0.3) is 0 Å². The van der Waals surface area contributed by atoms with Crippen molar-refractivity contribution in [2.24, 2.45) is 10.2 Å². The Balaban J connectivity index is 1.93. The van der Waals surface area contributed by atoms with E-state index in [1.807, 2.05) is 36.4 Å². The third-order valence-electron chi connectivity index (χ3n) is 6.60. The van der Waals surface area contributed by atoms with Crippen LogP contribution in [0.1, 0.15) is 117 Å². The number of anilines is 2. The summed E-state index contributed by atoms with van der Waals surface area (Å²) >= 11 is 0. The van der Waals surface area contributed by atoms with Crippen LogP contribution in [0.25, 0.3) is 0 Å². The molecule has 208 valence electrons. The van der Waals surface area contributed by atoms with Crippen LogP contribution < -0.4 is 10.6 Å². The van der Waals surface area contributed by atoms with Crippen LogP contribution in [0.2, 0.25) is 0 Å². The lowest BCUT2D eigenvalue weighted by atomic mass is 10.1. The summed E-state index contributed by atoms with van der Waals surface area (Å²) in [6.07, 6.45) is 17.3. The first kappa shape index (κ1) is 31.2. The maximum Gasteiger partial charge on any atom is 0.224 e. The fourth-order valence-electron chi connectivity index (χ4n) is 4.33. The minimum absolute atomic E-state index is 0.00225. The first-order chi connectivity index (χ1) is 18.6. The number of nitrogens with one attached hydrogen (secondary N) is 2. The number of unbranched alkanes of at least 4 members (excludes halogenated alkanes) is 12. The lowest BCUT2D eigenvalue weighted by Crippen LogP contribution is -2.13. The molecule has 0 unspecified atom stereocenters. The van der Waals surface area contributed by atoms with E-state index in [4.69, 9.17) is 0 Å². The number of nitrogens with zero attached hydrogens (tertiary/aromatic N) is 2. The first-order valence-electron chi connectivity index (χ1n) is 14.8. The molecule has 0 aliphatic heterocycles. The van der Waals surface area contributed by atoms with Gasteiger partial charge in [0.15, 0.2) is 0 Å². The van der Waals surface area contributed by atoms with Gasteiger partial charge in [-0.25, -0.2) is 0 Å². The predicted molar refractivity (Wildman–Crippen MR) is 160 cm³/mol. The van der Waals surface area contributed by atoms with Crippen LogP contribution in [-0.2, 0) is 9.59 Å². The molecule has 2 N–H and O–H groups in total. The number of benzene rings is 2. The normalized spacial score (nSPS) is 11.1. The first-order valence-corrected chi connectivity index (χ1v) is 14.8. The highest BCUT2D eigenvalue weighted by Crippen LogP contribution is 2.30. The minimum Gasteiger partial charge on any atom is -0.326 e. The summed E-state index contributed by atoms with van der Waals surface area (Å²) in [6, 6.07) is 14.9. The monoisotopic (exact) mass is 520 g/mol. The van der Waals surface area contributed by atoms with Crippen molar-refractivity contribution in [3.05, 3.63) is 48.5 Å². The molecule has 0 aromatic heterocycles. The summed E-state index contributed by atoms with van der Waals surface area (Å²) in [5.41, 5.74) is 2.51. The predicted octanol–water partition coefficient (Wildman–Crippen LogP) is 10.3. The summed E-state index contributed by atoms with van der Waals surface area (Å²) in [4.78, 5) is 25.2. The average Bonchev–Trinajstić information content (AvgIpc) is 2.92. The van der Waals surface area contributed by atoms with E-state index in [0.29, 0.717) is 29.9 Å². The molecule has 0 heterocycles. The van der Waals surface area contributed by atoms with E-state index in [0.717, 1.165) is 31.4 Å². The van der Waals surface area contributed by atoms with Gasteiger partial charge in [0.1, 0.15) is 5.69 Å². The number of rotatable bonds is 20. The SMILES string of the molecule is CCCCCCCCCC(=O)Nc1ccc(N=Nc2ccccc2)c(NC(=O)CCCCCCCCC)c1. The summed E-state index contributed by atoms with van der Waals surface area (Å²) in [5.74, 6) is -0.0427. The molecule has 0 atom stereocenters. The Hall–Kier alpha value is -3.02. The van der Waals surface area contributed by atoms with Gasteiger partial charge >= 0.3 is 0 Å². The van der Waals surface area contributed by atoms with Crippen molar-refractivity contribution < 1.29 is 9.59 Å². The van der Waals surface area contributed by atoms with E-state index in [-0.39, 0.29) is 11.8 Å². The van der Waals surface area contributed by atoms with E-state index in [1.54, 1.807) is 12.1 Å². The molecule has 2 rings (SSSR count). The molecule has 0 saturated heterocycles. The Labute approximate surface area is 230 Å². The van der Waals surface area contributed by atoms with E-state index in [1.165, 1.54) is 64.2 Å². The third-order valence-corrected chi connectivity index (χ3v) is 6.60. The highest BCUT2D eigenvalue weighted by Gasteiger charge is 2.10. The standard InChI is InChI=1S/C32H48N4O2/c1-3-5-7-9-11-13-18-22-31(37)33-28-24-25-29(36-35-27-20-16-15-17-21-27)30(26-28)34-32(38)23-19-14-12-10-8-6-4-2/h15-17,20-21,24-26H,3-14,18-19,22-23H2,1-2H3,(H,33,37)(H,34,38). The van der Waals surface area contributed by atoms with Gasteiger partial charge in [-0.1, -0.05) is 109 Å². The van der Waals surface area contributed by atoms with Crippen molar-refractivity contribution in [1.82, 2.24) is 0 Å². The highest BCUT2D eigenvalue weighted by molar-refractivity contribution is 5.96. The van der Waals surface area contributed by atoms with Gasteiger partial charge in [-0.2, -0.15) is 5.11 Å². The van der Waals surface area contributed by atoms with E-state index < -0.39 is 0 Å². The van der Waals surface area contributed by atoms with Crippen molar-refractivity contribution in [2.45, 2.75) is 117 Å². The van der Waals surface area contributed by atoms with Crippen LogP contribution in [0.3, 0.4) is 0 Å². The number of hydrogen-bond acceptors (Lipinski definition) is 4. The Morgan fingerprint density at radius 2 is 1.13 bits per heavy atom. The molecular formula is C32H48N4O2. The van der Waals surface area contributed by atoms with Crippen LogP contribution >= 0.6 is 0 Å². The van der Waals surface area contributed by atoms with Crippen LogP contribution in [0.5, 0.6) is 0 Å². The molecule has 2 aromatic rings. The van der Waals surface area contributed by atoms with Crippen LogP contribution in [-0.4, -0.2) is 11.8 Å². The molecule has 0 aliphatic carbocycles. The number of azo groups is 1. The smallest absolute Gasteiger partial charge is 0.224 e. The molecule has 0 saturated carbocycles. The molecule has 0 aliphatic rings. The van der Waals surface area contributed by atoms with Crippen molar-refractivity contribution in [2.75, 3.05) is 10.6 Å². The van der Waals surface area contributed by atoms with Crippen LogP contribution in [0.15, 0.2) is 58.8 Å². The van der Waals surface area contributed by atoms with Gasteiger partial charge in [-0.3, -0.25) is 9.59 Å². The molecule has 0 spiro atoms. The van der Waals surface area contributed by atoms with Crippen molar-refractivity contribution in [3.8, 4) is 0 Å². The van der Waals surface area contributed by atoms with Gasteiger partial charge < -0.3 is 10.6 Å².